The third kappa shape index (κ3) is 59.2. The fourth-order valence-electron chi connectivity index (χ4n) is 8.65. The summed E-state index contributed by atoms with van der Waals surface area (Å²) in [5, 5.41) is 0. The van der Waals surface area contributed by atoms with E-state index in [0.717, 1.165) is 109 Å². The second-order valence-corrected chi connectivity index (χ2v) is 20.6. The van der Waals surface area contributed by atoms with Gasteiger partial charge in [-0.2, -0.15) is 0 Å². The summed E-state index contributed by atoms with van der Waals surface area (Å²) in [5.41, 5.74) is 0. The van der Waals surface area contributed by atoms with Crippen molar-refractivity contribution in [3.05, 3.63) is 97.2 Å². The number of hydrogen-bond acceptors (Lipinski definition) is 6. The van der Waals surface area contributed by atoms with E-state index in [-0.39, 0.29) is 31.1 Å². The molecule has 0 aromatic rings. The summed E-state index contributed by atoms with van der Waals surface area (Å²) in [6.45, 7) is 6.46. The van der Waals surface area contributed by atoms with Crippen molar-refractivity contribution in [1.82, 2.24) is 0 Å². The first kappa shape index (κ1) is 70.3. The predicted octanol–water partition coefficient (Wildman–Crippen LogP) is 21.3. The third-order valence-electron chi connectivity index (χ3n) is 13.3. The Morgan fingerprint density at radius 3 is 0.824 bits per heavy atom. The van der Waals surface area contributed by atoms with Gasteiger partial charge in [0.15, 0.2) is 6.10 Å². The second kappa shape index (κ2) is 61.9. The Morgan fingerprint density at radius 1 is 0.284 bits per heavy atom. The molecule has 1 atom stereocenters. The molecule has 0 heterocycles. The average molecular weight is 1030 g/mol. The van der Waals surface area contributed by atoms with Gasteiger partial charge >= 0.3 is 17.9 Å². The van der Waals surface area contributed by atoms with Crippen molar-refractivity contribution in [2.45, 2.75) is 303 Å². The van der Waals surface area contributed by atoms with E-state index in [1.54, 1.807) is 0 Å². The van der Waals surface area contributed by atoms with E-state index in [4.69, 9.17) is 14.2 Å². The van der Waals surface area contributed by atoms with Crippen molar-refractivity contribution in [2.75, 3.05) is 13.2 Å². The highest BCUT2D eigenvalue weighted by atomic mass is 16.6. The van der Waals surface area contributed by atoms with Gasteiger partial charge in [-0.05, 0) is 103 Å². The highest BCUT2D eigenvalue weighted by molar-refractivity contribution is 5.71. The first-order valence-electron chi connectivity index (χ1n) is 31.2. The molecule has 0 aliphatic carbocycles. The molecule has 0 saturated heterocycles. The van der Waals surface area contributed by atoms with Crippen molar-refractivity contribution in [2.24, 2.45) is 0 Å². The largest absolute Gasteiger partial charge is 0.462 e. The number of rotatable bonds is 56. The zero-order valence-corrected chi connectivity index (χ0v) is 48.6. The summed E-state index contributed by atoms with van der Waals surface area (Å²) < 4.78 is 16.8. The number of unbranched alkanes of at least 4 members (excludes halogenated alkanes) is 29. The van der Waals surface area contributed by atoms with E-state index >= 15 is 0 Å². The Labute approximate surface area is 457 Å². The smallest absolute Gasteiger partial charge is 0.306 e. The monoisotopic (exact) mass is 1030 g/mol. The summed E-state index contributed by atoms with van der Waals surface area (Å²) >= 11 is 0. The van der Waals surface area contributed by atoms with Crippen LogP contribution >= 0.6 is 0 Å². The minimum atomic E-state index is -0.780. The van der Waals surface area contributed by atoms with Crippen LogP contribution in [0, 0.1) is 0 Å². The summed E-state index contributed by atoms with van der Waals surface area (Å²) in [5.74, 6) is -0.894. The van der Waals surface area contributed by atoms with Gasteiger partial charge in [0.05, 0.1) is 0 Å². The van der Waals surface area contributed by atoms with Crippen molar-refractivity contribution < 1.29 is 28.6 Å². The molecule has 6 nitrogen and oxygen atoms in total. The number of carbonyl (C=O) groups is 3. The van der Waals surface area contributed by atoms with Crippen molar-refractivity contribution in [3.63, 3.8) is 0 Å². The van der Waals surface area contributed by atoms with Crippen molar-refractivity contribution in [3.8, 4) is 0 Å². The molecule has 74 heavy (non-hydrogen) atoms. The van der Waals surface area contributed by atoms with E-state index in [9.17, 15) is 14.4 Å². The SMILES string of the molecule is CC/C=C\C/C=C\C/C=C\C/C=C\C/C=C\CCCCCCCCCCCCCC(=O)OCC(COC(=O)CCCCCCCC)OC(=O)CCCCCCCCCC/C=C\C/C=C\C/C=C\CCCCCCC. The molecular formula is C68H116O6. The van der Waals surface area contributed by atoms with Crippen LogP contribution in [0.25, 0.3) is 0 Å². The average Bonchev–Trinajstić information content (AvgIpc) is 3.40. The Bertz CT molecular complexity index is 1460. The molecule has 0 bridgehead atoms. The molecule has 0 fully saturated rings. The normalized spacial score (nSPS) is 12.7. The summed E-state index contributed by atoms with van der Waals surface area (Å²) in [6.07, 6.45) is 83.0. The summed E-state index contributed by atoms with van der Waals surface area (Å²) in [6, 6.07) is 0. The molecule has 6 heteroatoms. The summed E-state index contributed by atoms with van der Waals surface area (Å²) in [4.78, 5) is 38.0. The second-order valence-electron chi connectivity index (χ2n) is 20.6. The standard InChI is InChI=1S/C68H116O6/c1-4-7-10-13-16-18-20-22-24-26-28-30-32-33-34-35-37-38-40-42-44-46-48-50-52-55-58-61-67(70)73-64-65(63-72-66(69)60-57-54-15-12-9-6-3)74-68(71)62-59-56-53-51-49-47-45-43-41-39-36-31-29-27-25-23-21-19-17-14-11-8-5-2/h7,10,16,18,21-24,27-30,33-34,36,39,65H,4-6,8-9,11-15,17,19-20,25-26,31-32,35,37-38,40-64H2,1-3H3/b10-7-,18-16-,23-21-,24-22-,29-27-,30-28-,34-33-,39-36-. The molecule has 0 radical (unpaired) electrons. The van der Waals surface area contributed by atoms with Crippen LogP contribution in [0.5, 0.6) is 0 Å². The van der Waals surface area contributed by atoms with Crippen LogP contribution in [0.3, 0.4) is 0 Å². The van der Waals surface area contributed by atoms with Crippen LogP contribution in [0.15, 0.2) is 97.2 Å². The minimum Gasteiger partial charge on any atom is -0.462 e. The van der Waals surface area contributed by atoms with Gasteiger partial charge in [-0.25, -0.2) is 0 Å². The van der Waals surface area contributed by atoms with E-state index in [2.05, 4.69) is 118 Å². The molecule has 0 rings (SSSR count). The lowest BCUT2D eigenvalue weighted by Crippen LogP contribution is -2.30. The molecule has 1 unspecified atom stereocenters. The molecule has 0 saturated carbocycles. The van der Waals surface area contributed by atoms with Crippen LogP contribution in [0.2, 0.25) is 0 Å². The van der Waals surface area contributed by atoms with E-state index in [1.807, 2.05) is 0 Å². The van der Waals surface area contributed by atoms with Crippen LogP contribution in [-0.4, -0.2) is 37.2 Å². The zero-order valence-electron chi connectivity index (χ0n) is 48.6. The van der Waals surface area contributed by atoms with Gasteiger partial charge in [-0.3, -0.25) is 14.4 Å². The Kier molecular flexibility index (Phi) is 58.8. The summed E-state index contributed by atoms with van der Waals surface area (Å²) in [7, 11) is 0. The number of allylic oxidation sites excluding steroid dienone is 16. The molecule has 0 aromatic carbocycles. The fourth-order valence-corrected chi connectivity index (χ4v) is 8.65. The molecular weight excluding hydrogens is 913 g/mol. The van der Waals surface area contributed by atoms with Gasteiger partial charge in [0, 0.05) is 19.3 Å². The maximum Gasteiger partial charge on any atom is 0.306 e. The third-order valence-corrected chi connectivity index (χ3v) is 13.3. The number of esters is 3. The van der Waals surface area contributed by atoms with Gasteiger partial charge in [-0.1, -0.05) is 272 Å². The Morgan fingerprint density at radius 2 is 0.527 bits per heavy atom. The molecule has 0 spiro atoms. The number of hydrogen-bond donors (Lipinski definition) is 0. The van der Waals surface area contributed by atoms with Crippen LogP contribution in [0.4, 0.5) is 0 Å². The molecule has 0 amide bonds. The van der Waals surface area contributed by atoms with Crippen LogP contribution < -0.4 is 0 Å². The van der Waals surface area contributed by atoms with Crippen molar-refractivity contribution >= 4 is 17.9 Å². The predicted molar refractivity (Wildman–Crippen MR) is 320 cm³/mol. The van der Waals surface area contributed by atoms with E-state index in [1.165, 1.54) is 148 Å². The lowest BCUT2D eigenvalue weighted by molar-refractivity contribution is -0.167. The molecule has 424 valence electrons. The maximum absolute atomic E-state index is 12.8. The first-order chi connectivity index (χ1) is 36.5. The van der Waals surface area contributed by atoms with Gasteiger partial charge in [0.1, 0.15) is 13.2 Å². The van der Waals surface area contributed by atoms with Crippen LogP contribution in [0.1, 0.15) is 297 Å². The topological polar surface area (TPSA) is 78.9 Å². The fraction of sp³-hybridized carbons (Fsp3) is 0.721. The minimum absolute atomic E-state index is 0.0805. The zero-order chi connectivity index (χ0) is 53.6. The van der Waals surface area contributed by atoms with Gasteiger partial charge in [0.25, 0.3) is 0 Å². The highest BCUT2D eigenvalue weighted by Gasteiger charge is 2.19. The van der Waals surface area contributed by atoms with Gasteiger partial charge in [0.2, 0.25) is 0 Å². The molecule has 0 aromatic heterocycles. The maximum atomic E-state index is 12.8. The van der Waals surface area contributed by atoms with E-state index < -0.39 is 6.10 Å². The molecule has 0 aliphatic heterocycles. The quantitative estimate of drug-likeness (QED) is 0.0261. The lowest BCUT2D eigenvalue weighted by Gasteiger charge is -2.18. The van der Waals surface area contributed by atoms with E-state index in [0.29, 0.717) is 19.3 Å². The van der Waals surface area contributed by atoms with Gasteiger partial charge < -0.3 is 14.2 Å². The molecule has 0 N–H and O–H groups in total. The molecule has 0 aliphatic rings. The first-order valence-corrected chi connectivity index (χ1v) is 31.2. The highest BCUT2D eigenvalue weighted by Crippen LogP contribution is 2.16. The lowest BCUT2D eigenvalue weighted by atomic mass is 10.0. The Hall–Kier alpha value is -3.67. The number of ether oxygens (including phenoxy) is 3. The Balaban J connectivity index is 4.13. The van der Waals surface area contributed by atoms with Gasteiger partial charge in [-0.15, -0.1) is 0 Å². The van der Waals surface area contributed by atoms with Crippen LogP contribution in [-0.2, 0) is 28.6 Å². The number of carbonyl (C=O) groups excluding carboxylic acids is 3. The van der Waals surface area contributed by atoms with Crippen molar-refractivity contribution in [1.29, 1.82) is 0 Å².